The van der Waals surface area contributed by atoms with Gasteiger partial charge in [-0.1, -0.05) is 47.5 Å². The molecule has 112 valence electrons. The van der Waals surface area contributed by atoms with E-state index in [1.165, 1.54) is 12.1 Å². The Bertz CT molecular complexity index is 609. The zero-order valence-electron chi connectivity index (χ0n) is 11.9. The van der Waals surface area contributed by atoms with Crippen LogP contribution >= 0.6 is 11.6 Å². The van der Waals surface area contributed by atoms with Crippen molar-refractivity contribution >= 4 is 11.6 Å². The molecule has 0 saturated carbocycles. The fourth-order valence-corrected chi connectivity index (χ4v) is 2.57. The van der Waals surface area contributed by atoms with Crippen molar-refractivity contribution in [1.82, 2.24) is 0 Å². The summed E-state index contributed by atoms with van der Waals surface area (Å²) in [6.07, 6.45) is 0.456. The summed E-state index contributed by atoms with van der Waals surface area (Å²) < 4.78 is 13.6. The number of nitrogens with two attached hydrogens (primary N) is 1. The first-order valence-corrected chi connectivity index (χ1v) is 7.20. The highest BCUT2D eigenvalue weighted by Crippen LogP contribution is 2.29. The summed E-state index contributed by atoms with van der Waals surface area (Å²) in [6, 6.07) is 12.6. The molecular weight excluding hydrogens is 289 g/mol. The summed E-state index contributed by atoms with van der Waals surface area (Å²) in [5.74, 6) is -0.457. The fourth-order valence-electron chi connectivity index (χ4n) is 2.45. The number of benzene rings is 2. The van der Waals surface area contributed by atoms with Crippen molar-refractivity contribution in [3.05, 3.63) is 70.0 Å². The van der Waals surface area contributed by atoms with E-state index in [0.29, 0.717) is 6.42 Å². The molecule has 0 amide bonds. The van der Waals surface area contributed by atoms with Gasteiger partial charge in [-0.2, -0.15) is 0 Å². The molecule has 3 N–H and O–H groups in total. The summed E-state index contributed by atoms with van der Waals surface area (Å²) in [6.45, 7) is 2.18. The minimum absolute atomic E-state index is 0.0939. The summed E-state index contributed by atoms with van der Waals surface area (Å²) in [4.78, 5) is 0. The third kappa shape index (κ3) is 3.43. The Morgan fingerprint density at radius 2 is 1.86 bits per heavy atom. The van der Waals surface area contributed by atoms with Gasteiger partial charge < -0.3 is 10.8 Å². The van der Waals surface area contributed by atoms with Gasteiger partial charge in [0.15, 0.2) is 0 Å². The van der Waals surface area contributed by atoms with E-state index in [1.54, 1.807) is 6.07 Å². The minimum Gasteiger partial charge on any atom is -0.395 e. The molecule has 0 fully saturated rings. The summed E-state index contributed by atoms with van der Waals surface area (Å²) in [5.41, 5.74) is 8.16. The monoisotopic (exact) mass is 307 g/mol. The van der Waals surface area contributed by atoms with Gasteiger partial charge in [-0.3, -0.25) is 0 Å². The topological polar surface area (TPSA) is 46.2 Å². The number of aliphatic hydroxyl groups is 1. The lowest BCUT2D eigenvalue weighted by Crippen LogP contribution is -2.41. The lowest BCUT2D eigenvalue weighted by molar-refractivity contribution is 0.196. The third-order valence-corrected chi connectivity index (χ3v) is 4.19. The summed E-state index contributed by atoms with van der Waals surface area (Å²) in [5, 5.41) is 9.98. The second-order valence-electron chi connectivity index (χ2n) is 5.43. The zero-order valence-corrected chi connectivity index (χ0v) is 12.7. The molecule has 2 aromatic carbocycles. The van der Waals surface area contributed by atoms with Crippen LogP contribution in [0, 0.1) is 12.7 Å². The number of hydrogen-bond donors (Lipinski definition) is 2. The average molecular weight is 308 g/mol. The van der Waals surface area contributed by atoms with Gasteiger partial charge in [-0.15, -0.1) is 0 Å². The fraction of sp³-hybridized carbons (Fsp3) is 0.294. The lowest BCUT2D eigenvalue weighted by Gasteiger charge is -2.31. The average Bonchev–Trinajstić information content (AvgIpc) is 2.49. The number of hydrogen-bond acceptors (Lipinski definition) is 2. The van der Waals surface area contributed by atoms with Crippen molar-refractivity contribution in [2.45, 2.75) is 18.8 Å². The van der Waals surface area contributed by atoms with Gasteiger partial charge in [0.2, 0.25) is 0 Å². The van der Waals surface area contributed by atoms with Crippen molar-refractivity contribution in [3.8, 4) is 0 Å². The maximum atomic E-state index is 13.6. The molecule has 1 atom stereocenters. The molecule has 2 rings (SSSR count). The van der Waals surface area contributed by atoms with Gasteiger partial charge in [-0.25, -0.2) is 4.39 Å². The van der Waals surface area contributed by atoms with E-state index < -0.39 is 11.2 Å². The Morgan fingerprint density at radius 1 is 1.19 bits per heavy atom. The van der Waals surface area contributed by atoms with E-state index in [9.17, 15) is 9.50 Å². The van der Waals surface area contributed by atoms with Crippen molar-refractivity contribution in [2.24, 2.45) is 5.73 Å². The number of aryl methyl sites for hydroxylation is 1. The van der Waals surface area contributed by atoms with Crippen LogP contribution in [0.1, 0.15) is 16.7 Å². The molecule has 0 aliphatic heterocycles. The predicted molar refractivity (Wildman–Crippen MR) is 84.1 cm³/mol. The van der Waals surface area contributed by atoms with Crippen LogP contribution in [0.3, 0.4) is 0 Å². The van der Waals surface area contributed by atoms with Crippen molar-refractivity contribution in [2.75, 3.05) is 13.2 Å². The smallest absolute Gasteiger partial charge is 0.142 e. The second kappa shape index (κ2) is 6.56. The van der Waals surface area contributed by atoms with Gasteiger partial charge in [0.1, 0.15) is 5.82 Å². The van der Waals surface area contributed by atoms with Gasteiger partial charge in [-0.05, 0) is 36.6 Å². The van der Waals surface area contributed by atoms with E-state index in [2.05, 4.69) is 0 Å². The second-order valence-corrected chi connectivity index (χ2v) is 5.84. The first-order chi connectivity index (χ1) is 10.0. The Kier molecular flexibility index (Phi) is 4.99. The van der Waals surface area contributed by atoms with E-state index in [0.717, 1.165) is 16.7 Å². The van der Waals surface area contributed by atoms with E-state index >= 15 is 0 Å². The molecular formula is C17H19ClFNO. The molecule has 2 aromatic rings. The molecule has 0 aliphatic rings. The van der Waals surface area contributed by atoms with Crippen molar-refractivity contribution in [1.29, 1.82) is 0 Å². The third-order valence-electron chi connectivity index (χ3n) is 3.88. The van der Waals surface area contributed by atoms with Crippen molar-refractivity contribution < 1.29 is 9.50 Å². The molecule has 2 nitrogen and oxygen atoms in total. The highest BCUT2D eigenvalue weighted by molar-refractivity contribution is 6.30. The minimum atomic E-state index is -0.617. The van der Waals surface area contributed by atoms with E-state index in [-0.39, 0.29) is 18.2 Å². The molecule has 0 radical (unpaired) electrons. The Morgan fingerprint density at radius 3 is 2.38 bits per heavy atom. The molecule has 0 heterocycles. The van der Waals surface area contributed by atoms with Crippen LogP contribution < -0.4 is 5.73 Å². The van der Waals surface area contributed by atoms with Gasteiger partial charge >= 0.3 is 0 Å². The molecule has 4 heteroatoms. The van der Waals surface area contributed by atoms with Crippen molar-refractivity contribution in [3.63, 3.8) is 0 Å². The zero-order chi connectivity index (χ0) is 15.5. The Hall–Kier alpha value is -1.42. The number of rotatable bonds is 5. The highest BCUT2D eigenvalue weighted by Gasteiger charge is 2.30. The summed E-state index contributed by atoms with van der Waals surface area (Å²) in [7, 11) is 0. The normalized spacial score (nSPS) is 14.0. The largest absolute Gasteiger partial charge is 0.395 e. The van der Waals surface area contributed by atoms with Crippen LogP contribution in [-0.4, -0.2) is 18.3 Å². The Balaban J connectivity index is 2.37. The maximum Gasteiger partial charge on any atom is 0.142 e. The molecule has 0 aromatic heterocycles. The van der Waals surface area contributed by atoms with Crippen LogP contribution in [0.2, 0.25) is 5.02 Å². The summed E-state index contributed by atoms with van der Waals surface area (Å²) >= 11 is 5.70. The molecule has 0 spiro atoms. The number of aliphatic hydroxyl groups excluding tert-OH is 1. The van der Waals surface area contributed by atoms with Crippen LogP contribution in [0.4, 0.5) is 4.39 Å². The SMILES string of the molecule is Cc1ccc(C(CN)(CO)Cc2ccc(Cl)c(F)c2)cc1. The lowest BCUT2D eigenvalue weighted by atomic mass is 9.76. The van der Waals surface area contributed by atoms with Gasteiger partial charge in [0.05, 0.1) is 11.6 Å². The molecule has 1 unspecified atom stereocenters. The van der Waals surface area contributed by atoms with Crippen LogP contribution in [0.25, 0.3) is 0 Å². The molecule has 21 heavy (non-hydrogen) atoms. The predicted octanol–water partition coefficient (Wildman–Crippen LogP) is 3.22. The van der Waals surface area contributed by atoms with Gasteiger partial charge in [0, 0.05) is 12.0 Å². The van der Waals surface area contributed by atoms with E-state index in [1.807, 2.05) is 31.2 Å². The standard InChI is InChI=1S/C17H19ClFNO/c1-12-2-5-14(6-3-12)17(10-20,11-21)9-13-4-7-15(18)16(19)8-13/h2-8,21H,9-11,20H2,1H3. The molecule has 0 bridgehead atoms. The first kappa shape index (κ1) is 16.0. The first-order valence-electron chi connectivity index (χ1n) is 6.83. The van der Waals surface area contributed by atoms with E-state index in [4.69, 9.17) is 17.3 Å². The Labute approximate surface area is 129 Å². The van der Waals surface area contributed by atoms with Gasteiger partial charge in [0.25, 0.3) is 0 Å². The quantitative estimate of drug-likeness (QED) is 0.891. The number of halogens is 2. The molecule has 0 saturated heterocycles. The van der Waals surface area contributed by atoms with Crippen LogP contribution in [0.15, 0.2) is 42.5 Å². The van der Waals surface area contributed by atoms with Crippen LogP contribution in [-0.2, 0) is 11.8 Å². The van der Waals surface area contributed by atoms with Crippen LogP contribution in [0.5, 0.6) is 0 Å². The highest BCUT2D eigenvalue weighted by atomic mass is 35.5. The maximum absolute atomic E-state index is 13.6. The molecule has 0 aliphatic carbocycles.